The lowest BCUT2D eigenvalue weighted by Gasteiger charge is -2.31. The second-order valence-electron chi connectivity index (χ2n) is 16.7. The number of nitrogens with zero attached hydrogens (tertiary/aromatic N) is 2. The summed E-state index contributed by atoms with van der Waals surface area (Å²) in [6.45, 7) is 0. The first-order valence-electron chi connectivity index (χ1n) is 22.4. The van der Waals surface area contributed by atoms with Crippen molar-refractivity contribution < 1.29 is 4.42 Å². The van der Waals surface area contributed by atoms with Crippen LogP contribution in [-0.4, -0.2) is 4.98 Å². The van der Waals surface area contributed by atoms with Gasteiger partial charge in [0.25, 0.3) is 0 Å². The quantitative estimate of drug-likeness (QED) is 0.145. The number of aromatic nitrogens is 1. The van der Waals surface area contributed by atoms with Crippen molar-refractivity contribution in [1.29, 1.82) is 0 Å². The Morgan fingerprint density at radius 1 is 0.303 bits per heavy atom. The number of hydrogen-bond acceptors (Lipinski definition) is 3. The summed E-state index contributed by atoms with van der Waals surface area (Å²) in [6.07, 6.45) is 0. The van der Waals surface area contributed by atoms with Crippen LogP contribution in [0.2, 0.25) is 0 Å². The van der Waals surface area contributed by atoms with Crippen LogP contribution >= 0.6 is 0 Å². The zero-order chi connectivity index (χ0) is 43.8. The molecule has 0 aliphatic carbocycles. The minimum Gasteiger partial charge on any atom is -0.436 e. The van der Waals surface area contributed by atoms with E-state index in [0.717, 1.165) is 89.0 Å². The summed E-state index contributed by atoms with van der Waals surface area (Å²) in [6, 6.07) is 91.1. The van der Waals surface area contributed by atoms with Crippen LogP contribution in [0.1, 0.15) is 0 Å². The van der Waals surface area contributed by atoms with E-state index < -0.39 is 0 Å². The molecule has 11 aromatic carbocycles. The first kappa shape index (κ1) is 38.9. The van der Waals surface area contributed by atoms with Crippen LogP contribution in [0.15, 0.2) is 259 Å². The molecule has 0 unspecified atom stereocenters. The van der Waals surface area contributed by atoms with Gasteiger partial charge in [0.15, 0.2) is 5.58 Å². The number of rotatable bonds is 9. The van der Waals surface area contributed by atoms with Crippen LogP contribution in [0, 0.1) is 0 Å². The minimum absolute atomic E-state index is 0.614. The van der Waals surface area contributed by atoms with Crippen molar-refractivity contribution in [2.24, 2.45) is 0 Å². The second-order valence-corrected chi connectivity index (χ2v) is 16.7. The van der Waals surface area contributed by atoms with Crippen molar-refractivity contribution in [3.05, 3.63) is 255 Å². The van der Waals surface area contributed by atoms with E-state index in [9.17, 15) is 0 Å². The maximum absolute atomic E-state index is 6.56. The lowest BCUT2D eigenvalue weighted by molar-refractivity contribution is 0.620. The van der Waals surface area contributed by atoms with Gasteiger partial charge in [0.1, 0.15) is 5.52 Å². The van der Waals surface area contributed by atoms with Gasteiger partial charge in [-0.3, -0.25) is 0 Å². The van der Waals surface area contributed by atoms with E-state index in [0.29, 0.717) is 5.89 Å². The van der Waals surface area contributed by atoms with Gasteiger partial charge >= 0.3 is 0 Å². The van der Waals surface area contributed by atoms with E-state index in [-0.39, 0.29) is 0 Å². The first-order valence-corrected chi connectivity index (χ1v) is 22.4. The Bertz CT molecular complexity index is 3670. The fraction of sp³-hybridized carbons (Fsp3) is 0. The molecule has 0 saturated heterocycles. The highest BCUT2D eigenvalue weighted by Gasteiger charge is 2.24. The van der Waals surface area contributed by atoms with Crippen molar-refractivity contribution in [2.45, 2.75) is 0 Å². The van der Waals surface area contributed by atoms with Gasteiger partial charge in [-0.1, -0.05) is 200 Å². The third-order valence-corrected chi connectivity index (χ3v) is 12.7. The SMILES string of the molecule is c1ccc(-c2ccc(N(c3ccc(-c4cccc5ccccc45)cc3-c3ccccc3)c3ccc(-c4cc5oc(-c6ccccc6)nc5c5ccccc45)cc3-c3ccccc3)cc2)cc1. The third-order valence-electron chi connectivity index (χ3n) is 12.7. The average Bonchev–Trinajstić information content (AvgIpc) is 3.85. The van der Waals surface area contributed by atoms with Gasteiger partial charge in [0.05, 0.1) is 11.4 Å². The molecule has 12 aromatic rings. The molecule has 0 N–H and O–H groups in total. The van der Waals surface area contributed by atoms with Crippen LogP contribution in [0.4, 0.5) is 17.1 Å². The summed E-state index contributed by atoms with van der Waals surface area (Å²) >= 11 is 0. The van der Waals surface area contributed by atoms with Crippen LogP contribution in [0.25, 0.3) is 99.7 Å². The highest BCUT2D eigenvalue weighted by Crippen LogP contribution is 2.48. The second kappa shape index (κ2) is 16.7. The molecule has 310 valence electrons. The summed E-state index contributed by atoms with van der Waals surface area (Å²) in [5.41, 5.74) is 17.1. The Kier molecular flexibility index (Phi) is 9.85. The van der Waals surface area contributed by atoms with E-state index in [2.05, 4.69) is 229 Å². The average molecular weight is 843 g/mol. The number of oxazole rings is 1. The van der Waals surface area contributed by atoms with Gasteiger partial charge in [-0.2, -0.15) is 0 Å². The molecule has 0 fully saturated rings. The van der Waals surface area contributed by atoms with Gasteiger partial charge < -0.3 is 9.32 Å². The summed E-state index contributed by atoms with van der Waals surface area (Å²) in [5.74, 6) is 0.614. The van der Waals surface area contributed by atoms with Gasteiger partial charge in [-0.25, -0.2) is 4.98 Å². The zero-order valence-corrected chi connectivity index (χ0v) is 36.1. The molecule has 0 radical (unpaired) electrons. The fourth-order valence-corrected chi connectivity index (χ4v) is 9.51. The highest BCUT2D eigenvalue weighted by atomic mass is 16.3. The molecule has 12 rings (SSSR count). The normalized spacial score (nSPS) is 11.3. The molecule has 3 heteroatoms. The van der Waals surface area contributed by atoms with Gasteiger partial charge in [-0.05, 0) is 115 Å². The van der Waals surface area contributed by atoms with E-state index in [1.807, 2.05) is 30.3 Å². The number of benzene rings is 11. The number of fused-ring (bicyclic) bond motifs is 4. The minimum atomic E-state index is 0.614. The monoisotopic (exact) mass is 842 g/mol. The lowest BCUT2D eigenvalue weighted by Crippen LogP contribution is -2.13. The molecule has 0 saturated carbocycles. The predicted octanol–water partition coefficient (Wildman–Crippen LogP) is 17.6. The van der Waals surface area contributed by atoms with Crippen LogP contribution in [0.3, 0.4) is 0 Å². The Hall–Kier alpha value is -8.79. The first-order chi connectivity index (χ1) is 32.7. The molecule has 0 aliphatic heterocycles. The maximum Gasteiger partial charge on any atom is 0.227 e. The molecule has 3 nitrogen and oxygen atoms in total. The van der Waals surface area contributed by atoms with E-state index >= 15 is 0 Å². The number of hydrogen-bond donors (Lipinski definition) is 0. The molecule has 66 heavy (non-hydrogen) atoms. The van der Waals surface area contributed by atoms with Crippen molar-refractivity contribution in [1.82, 2.24) is 4.98 Å². The van der Waals surface area contributed by atoms with E-state index in [1.54, 1.807) is 0 Å². The Morgan fingerprint density at radius 3 is 1.39 bits per heavy atom. The molecule has 0 amide bonds. The third kappa shape index (κ3) is 7.10. The number of anilines is 3. The predicted molar refractivity (Wildman–Crippen MR) is 276 cm³/mol. The van der Waals surface area contributed by atoms with Crippen LogP contribution in [0.5, 0.6) is 0 Å². The van der Waals surface area contributed by atoms with Crippen LogP contribution in [-0.2, 0) is 0 Å². The van der Waals surface area contributed by atoms with Crippen molar-refractivity contribution >= 4 is 49.7 Å². The van der Waals surface area contributed by atoms with Gasteiger partial charge in [0, 0.05) is 27.8 Å². The van der Waals surface area contributed by atoms with E-state index in [1.165, 1.54) is 21.9 Å². The molecule has 0 aliphatic rings. The van der Waals surface area contributed by atoms with Crippen molar-refractivity contribution in [2.75, 3.05) is 4.90 Å². The molecule has 1 aromatic heterocycles. The largest absolute Gasteiger partial charge is 0.436 e. The Morgan fingerprint density at radius 2 is 0.773 bits per heavy atom. The van der Waals surface area contributed by atoms with Crippen molar-refractivity contribution in [3.63, 3.8) is 0 Å². The van der Waals surface area contributed by atoms with Crippen molar-refractivity contribution in [3.8, 4) is 67.1 Å². The summed E-state index contributed by atoms with van der Waals surface area (Å²) in [7, 11) is 0. The standard InChI is InChI=1S/C63H42N2O/c1-5-18-43(19-6-1)44-32-36-51(37-33-44)65(59-38-34-49(40-57(59)46-20-7-2-8-21-46)53-31-17-27-45-24-13-14-28-52(45)53)60-39-35-50(41-58(60)47-22-9-3-10-23-47)56-42-61-62(55-30-16-15-29-54(55)56)64-63(66-61)48-25-11-4-12-26-48/h1-42H. The van der Waals surface area contributed by atoms with Gasteiger partial charge in [0.2, 0.25) is 5.89 Å². The molecular formula is C63H42N2O. The molecule has 0 bridgehead atoms. The molecular weight excluding hydrogens is 801 g/mol. The Labute approximate surface area is 384 Å². The zero-order valence-electron chi connectivity index (χ0n) is 36.1. The Balaban J connectivity index is 1.09. The molecule has 0 spiro atoms. The maximum atomic E-state index is 6.56. The molecule has 1 heterocycles. The lowest BCUT2D eigenvalue weighted by atomic mass is 9.91. The summed E-state index contributed by atoms with van der Waals surface area (Å²) in [4.78, 5) is 7.49. The summed E-state index contributed by atoms with van der Waals surface area (Å²) < 4.78 is 6.56. The highest BCUT2D eigenvalue weighted by molar-refractivity contribution is 6.12. The smallest absolute Gasteiger partial charge is 0.227 e. The molecule has 0 atom stereocenters. The fourth-order valence-electron chi connectivity index (χ4n) is 9.51. The van der Waals surface area contributed by atoms with E-state index in [4.69, 9.17) is 9.40 Å². The topological polar surface area (TPSA) is 29.3 Å². The summed E-state index contributed by atoms with van der Waals surface area (Å²) in [5, 5.41) is 4.63. The van der Waals surface area contributed by atoms with Crippen LogP contribution < -0.4 is 4.90 Å². The van der Waals surface area contributed by atoms with Gasteiger partial charge in [-0.15, -0.1) is 0 Å².